The van der Waals surface area contributed by atoms with E-state index in [2.05, 4.69) is 42.4 Å². The van der Waals surface area contributed by atoms with E-state index < -0.39 is 5.97 Å². The average molecular weight is 532 g/mol. The molecule has 1 N–H and O–H groups in total. The molecule has 152 valence electrons. The van der Waals surface area contributed by atoms with Gasteiger partial charge in [-0.15, -0.1) is 0 Å². The smallest absolute Gasteiger partial charge is 0.343 e. The summed E-state index contributed by atoms with van der Waals surface area (Å²) in [4.78, 5) is 24.5. The number of benzene rings is 3. The number of nitrogens with zero attached hydrogens (tertiary/aromatic N) is 1. The first-order chi connectivity index (χ1) is 14.5. The van der Waals surface area contributed by atoms with Gasteiger partial charge >= 0.3 is 5.97 Å². The molecular weight excluding hydrogens is 516 g/mol. The van der Waals surface area contributed by atoms with Gasteiger partial charge < -0.3 is 9.47 Å². The standard InChI is InChI=1S/C22H16Br2N2O4/c1-29-20-10-14(13-25-26-21(27)15-4-2-6-17(23)11-15)8-9-19(20)30-22(28)16-5-3-7-18(24)12-16/h2-13H,1H3,(H,26,27)/b25-13-. The van der Waals surface area contributed by atoms with Crippen molar-refractivity contribution >= 4 is 50.0 Å². The number of hydrogen-bond acceptors (Lipinski definition) is 5. The van der Waals surface area contributed by atoms with E-state index in [9.17, 15) is 9.59 Å². The number of esters is 1. The Bertz CT molecular complexity index is 1120. The topological polar surface area (TPSA) is 77.0 Å². The number of nitrogens with one attached hydrogen (secondary N) is 1. The third kappa shape index (κ3) is 5.77. The summed E-state index contributed by atoms with van der Waals surface area (Å²) in [5.74, 6) is -0.199. The molecule has 0 saturated carbocycles. The number of hydrogen-bond donors (Lipinski definition) is 1. The molecule has 0 aliphatic rings. The molecule has 3 aromatic rings. The molecule has 0 aliphatic carbocycles. The highest BCUT2D eigenvalue weighted by atomic mass is 79.9. The van der Waals surface area contributed by atoms with Crippen molar-refractivity contribution in [1.29, 1.82) is 0 Å². The van der Waals surface area contributed by atoms with E-state index in [1.807, 2.05) is 12.1 Å². The molecule has 30 heavy (non-hydrogen) atoms. The predicted molar refractivity (Wildman–Crippen MR) is 121 cm³/mol. The van der Waals surface area contributed by atoms with Crippen molar-refractivity contribution in [3.63, 3.8) is 0 Å². The minimum atomic E-state index is -0.502. The van der Waals surface area contributed by atoms with Crippen molar-refractivity contribution in [2.45, 2.75) is 0 Å². The van der Waals surface area contributed by atoms with E-state index >= 15 is 0 Å². The Balaban J connectivity index is 1.68. The lowest BCUT2D eigenvalue weighted by Gasteiger charge is -2.10. The predicted octanol–water partition coefficient (Wildman–Crippen LogP) is 5.20. The maximum Gasteiger partial charge on any atom is 0.343 e. The highest BCUT2D eigenvalue weighted by Gasteiger charge is 2.13. The first-order valence-corrected chi connectivity index (χ1v) is 10.3. The molecule has 3 aromatic carbocycles. The lowest BCUT2D eigenvalue weighted by atomic mass is 10.2. The summed E-state index contributed by atoms with van der Waals surface area (Å²) in [7, 11) is 1.47. The molecule has 0 spiro atoms. The zero-order chi connectivity index (χ0) is 21.5. The van der Waals surface area contributed by atoms with Crippen molar-refractivity contribution in [1.82, 2.24) is 5.43 Å². The van der Waals surface area contributed by atoms with Crippen molar-refractivity contribution in [2.75, 3.05) is 7.11 Å². The Hall–Kier alpha value is -2.97. The van der Waals surface area contributed by atoms with Crippen LogP contribution in [-0.4, -0.2) is 25.2 Å². The summed E-state index contributed by atoms with van der Waals surface area (Å²) in [6.45, 7) is 0. The van der Waals surface area contributed by atoms with Gasteiger partial charge in [-0.3, -0.25) is 4.79 Å². The molecule has 0 aromatic heterocycles. The minimum absolute atomic E-state index is 0.276. The van der Waals surface area contributed by atoms with Crippen molar-refractivity contribution in [3.05, 3.63) is 92.4 Å². The molecule has 6 nitrogen and oxygen atoms in total. The molecule has 0 heterocycles. The molecule has 0 unspecified atom stereocenters. The van der Waals surface area contributed by atoms with Crippen LogP contribution in [0.3, 0.4) is 0 Å². The number of methoxy groups -OCH3 is 1. The van der Waals surface area contributed by atoms with Crippen molar-refractivity contribution in [2.24, 2.45) is 5.10 Å². The molecule has 8 heteroatoms. The largest absolute Gasteiger partial charge is 0.493 e. The molecule has 1 amide bonds. The second-order valence-corrected chi connectivity index (χ2v) is 7.85. The van der Waals surface area contributed by atoms with Crippen LogP contribution in [0.4, 0.5) is 0 Å². The average Bonchev–Trinajstić information content (AvgIpc) is 2.74. The van der Waals surface area contributed by atoms with Gasteiger partial charge in [0, 0.05) is 14.5 Å². The van der Waals surface area contributed by atoms with Gasteiger partial charge in [-0.1, -0.05) is 44.0 Å². The van der Waals surface area contributed by atoms with Crippen LogP contribution < -0.4 is 14.9 Å². The van der Waals surface area contributed by atoms with E-state index in [1.54, 1.807) is 54.6 Å². The Morgan fingerprint density at radius 3 is 2.23 bits per heavy atom. The van der Waals surface area contributed by atoms with Crippen LogP contribution in [0.15, 0.2) is 80.8 Å². The van der Waals surface area contributed by atoms with Crippen molar-refractivity contribution < 1.29 is 19.1 Å². The normalized spacial score (nSPS) is 10.6. The Morgan fingerprint density at radius 1 is 0.900 bits per heavy atom. The second-order valence-electron chi connectivity index (χ2n) is 6.02. The lowest BCUT2D eigenvalue weighted by molar-refractivity contribution is 0.0729. The SMILES string of the molecule is COc1cc(/C=N\NC(=O)c2cccc(Br)c2)ccc1OC(=O)c1cccc(Br)c1. The first-order valence-electron chi connectivity index (χ1n) is 8.71. The molecular formula is C22H16Br2N2O4. The zero-order valence-corrected chi connectivity index (χ0v) is 18.9. The van der Waals surface area contributed by atoms with Crippen LogP contribution in [0.25, 0.3) is 0 Å². The fourth-order valence-corrected chi connectivity index (χ4v) is 3.28. The fourth-order valence-electron chi connectivity index (χ4n) is 2.48. The lowest BCUT2D eigenvalue weighted by Crippen LogP contribution is -2.17. The fraction of sp³-hybridized carbons (Fsp3) is 0.0455. The third-order valence-electron chi connectivity index (χ3n) is 3.92. The number of halogens is 2. The van der Waals surface area contributed by atoms with Crippen LogP contribution in [-0.2, 0) is 0 Å². The van der Waals surface area contributed by atoms with Crippen LogP contribution >= 0.6 is 31.9 Å². The van der Waals surface area contributed by atoms with Gasteiger partial charge in [0.15, 0.2) is 11.5 Å². The maximum absolute atomic E-state index is 12.3. The summed E-state index contributed by atoms with van der Waals surface area (Å²) in [5, 5.41) is 3.96. The van der Waals surface area contributed by atoms with Gasteiger partial charge in [0.1, 0.15) is 0 Å². The minimum Gasteiger partial charge on any atom is -0.493 e. The first kappa shape index (κ1) is 21.7. The highest BCUT2D eigenvalue weighted by molar-refractivity contribution is 9.10. The second kappa shape index (κ2) is 10.2. The van der Waals surface area contributed by atoms with Gasteiger partial charge in [0.2, 0.25) is 0 Å². The Labute approximate surface area is 190 Å². The number of carbonyl (C=O) groups excluding carboxylic acids is 2. The Morgan fingerprint density at radius 2 is 1.57 bits per heavy atom. The van der Waals surface area contributed by atoms with E-state index in [0.717, 1.165) is 8.95 Å². The molecule has 0 atom stereocenters. The molecule has 0 radical (unpaired) electrons. The van der Waals surface area contributed by atoms with Crippen LogP contribution in [0.5, 0.6) is 11.5 Å². The summed E-state index contributed by atoms with van der Waals surface area (Å²) < 4.78 is 12.3. The number of hydrazone groups is 1. The molecule has 0 aliphatic heterocycles. The quantitative estimate of drug-likeness (QED) is 0.205. The summed E-state index contributed by atoms with van der Waals surface area (Å²) in [6.07, 6.45) is 1.47. The van der Waals surface area contributed by atoms with Crippen molar-refractivity contribution in [3.8, 4) is 11.5 Å². The summed E-state index contributed by atoms with van der Waals surface area (Å²) in [6, 6.07) is 18.8. The van der Waals surface area contributed by atoms with E-state index in [1.165, 1.54) is 13.3 Å². The monoisotopic (exact) mass is 530 g/mol. The van der Waals surface area contributed by atoms with Crippen LogP contribution in [0.1, 0.15) is 26.3 Å². The number of rotatable bonds is 6. The molecule has 0 fully saturated rings. The summed E-state index contributed by atoms with van der Waals surface area (Å²) >= 11 is 6.65. The van der Waals surface area contributed by atoms with Gasteiger partial charge in [0.05, 0.1) is 18.9 Å². The number of carbonyl (C=O) groups is 2. The van der Waals surface area contributed by atoms with Crippen LogP contribution in [0, 0.1) is 0 Å². The maximum atomic E-state index is 12.3. The molecule has 0 saturated heterocycles. The molecule has 0 bridgehead atoms. The van der Waals surface area contributed by atoms with E-state index in [-0.39, 0.29) is 11.7 Å². The molecule has 3 rings (SSSR count). The van der Waals surface area contributed by atoms with Gasteiger partial charge in [-0.2, -0.15) is 5.10 Å². The Kier molecular flexibility index (Phi) is 7.37. The van der Waals surface area contributed by atoms with Gasteiger partial charge in [-0.25, -0.2) is 10.2 Å². The third-order valence-corrected chi connectivity index (χ3v) is 4.90. The van der Waals surface area contributed by atoms with E-state index in [4.69, 9.17) is 9.47 Å². The zero-order valence-electron chi connectivity index (χ0n) is 15.8. The highest BCUT2D eigenvalue weighted by Crippen LogP contribution is 2.28. The van der Waals surface area contributed by atoms with Gasteiger partial charge in [0.25, 0.3) is 5.91 Å². The van der Waals surface area contributed by atoms with Gasteiger partial charge in [-0.05, 0) is 60.2 Å². The van der Waals surface area contributed by atoms with Crippen LogP contribution in [0.2, 0.25) is 0 Å². The number of ether oxygens (including phenoxy) is 2. The number of amides is 1. The van der Waals surface area contributed by atoms with E-state index in [0.29, 0.717) is 22.4 Å². The summed E-state index contributed by atoms with van der Waals surface area (Å²) in [5.41, 5.74) is 4.01.